The van der Waals surface area contributed by atoms with E-state index < -0.39 is 10.8 Å². The first-order chi connectivity index (χ1) is 14.3. The van der Waals surface area contributed by atoms with Gasteiger partial charge in [0.2, 0.25) is 5.89 Å². The number of aromatic nitrogens is 1. The molecule has 0 unspecified atom stereocenters. The number of non-ortho nitro benzene ring substituents is 1. The second-order valence-electron chi connectivity index (χ2n) is 6.88. The zero-order valence-corrected chi connectivity index (χ0v) is 17.7. The molecule has 0 spiro atoms. The van der Waals surface area contributed by atoms with Crippen molar-refractivity contribution in [2.75, 3.05) is 5.32 Å². The molecule has 1 amide bonds. The molecule has 1 heterocycles. The quantitative estimate of drug-likeness (QED) is 0.292. The van der Waals surface area contributed by atoms with Gasteiger partial charge in [-0.2, -0.15) is 0 Å². The maximum absolute atomic E-state index is 12.7. The van der Waals surface area contributed by atoms with Crippen molar-refractivity contribution < 1.29 is 14.1 Å². The summed E-state index contributed by atoms with van der Waals surface area (Å²) in [5.74, 6) is -0.0193. The van der Waals surface area contributed by atoms with Gasteiger partial charge in [-0.15, -0.1) is 0 Å². The summed E-state index contributed by atoms with van der Waals surface area (Å²) >= 11 is 3.27. The molecule has 0 atom stereocenters. The molecule has 0 fully saturated rings. The summed E-state index contributed by atoms with van der Waals surface area (Å²) in [5.41, 5.74) is 4.95. The maximum atomic E-state index is 12.7. The van der Waals surface area contributed by atoms with Crippen LogP contribution in [0.25, 0.3) is 22.6 Å². The van der Waals surface area contributed by atoms with Crippen molar-refractivity contribution in [3.63, 3.8) is 0 Å². The van der Waals surface area contributed by atoms with Gasteiger partial charge in [-0.25, -0.2) is 4.98 Å². The van der Waals surface area contributed by atoms with Crippen molar-refractivity contribution in [1.29, 1.82) is 0 Å². The molecule has 0 saturated carbocycles. The van der Waals surface area contributed by atoms with Crippen LogP contribution < -0.4 is 5.32 Å². The van der Waals surface area contributed by atoms with Crippen LogP contribution in [0.5, 0.6) is 0 Å². The number of hydrogen-bond acceptors (Lipinski definition) is 5. The zero-order valence-electron chi connectivity index (χ0n) is 16.1. The highest BCUT2D eigenvalue weighted by Crippen LogP contribution is 2.29. The monoisotopic (exact) mass is 465 g/mol. The number of carbonyl (C=O) groups excluding carboxylic acids is 1. The SMILES string of the molecule is Cc1cc2nc(-c3cccc(NC(=O)c4cc([N+](=O)[O-])ccc4Br)c3)oc2cc1C. The highest BCUT2D eigenvalue weighted by Gasteiger charge is 2.16. The van der Waals surface area contributed by atoms with Crippen LogP contribution in [0.4, 0.5) is 11.4 Å². The molecule has 4 rings (SSSR count). The number of anilines is 1. The standard InChI is InChI=1S/C22H16BrN3O4/c1-12-8-19-20(9-13(12)2)30-22(25-19)14-4-3-5-15(10-14)24-21(27)17-11-16(26(28)29)6-7-18(17)23/h3-11H,1-2H3,(H,24,27). The fourth-order valence-corrected chi connectivity index (χ4v) is 3.46. The molecular weight excluding hydrogens is 450 g/mol. The molecule has 0 radical (unpaired) electrons. The summed E-state index contributed by atoms with van der Waals surface area (Å²) < 4.78 is 6.35. The van der Waals surface area contributed by atoms with Crippen LogP contribution in [0.3, 0.4) is 0 Å². The van der Waals surface area contributed by atoms with Crippen LogP contribution in [0.2, 0.25) is 0 Å². The molecular formula is C22H16BrN3O4. The average molecular weight is 466 g/mol. The first-order valence-corrected chi connectivity index (χ1v) is 9.84. The minimum Gasteiger partial charge on any atom is -0.436 e. The van der Waals surface area contributed by atoms with Crippen LogP contribution in [-0.4, -0.2) is 15.8 Å². The molecule has 0 saturated heterocycles. The summed E-state index contributed by atoms with van der Waals surface area (Å²) in [6.07, 6.45) is 0. The third-order valence-electron chi connectivity index (χ3n) is 4.78. The number of fused-ring (bicyclic) bond motifs is 1. The predicted molar refractivity (Wildman–Crippen MR) is 118 cm³/mol. The third-order valence-corrected chi connectivity index (χ3v) is 5.47. The maximum Gasteiger partial charge on any atom is 0.270 e. The molecule has 1 N–H and O–H groups in total. The van der Waals surface area contributed by atoms with Gasteiger partial charge in [0.1, 0.15) is 5.52 Å². The number of amides is 1. The summed E-state index contributed by atoms with van der Waals surface area (Å²) in [7, 11) is 0. The van der Waals surface area contributed by atoms with E-state index in [2.05, 4.69) is 26.2 Å². The highest BCUT2D eigenvalue weighted by molar-refractivity contribution is 9.10. The second-order valence-corrected chi connectivity index (χ2v) is 7.73. The Morgan fingerprint density at radius 1 is 1.10 bits per heavy atom. The second kappa shape index (κ2) is 7.72. The number of hydrogen-bond donors (Lipinski definition) is 1. The molecule has 4 aromatic rings. The van der Waals surface area contributed by atoms with E-state index in [0.29, 0.717) is 27.2 Å². The number of rotatable bonds is 4. The lowest BCUT2D eigenvalue weighted by atomic mass is 10.1. The Morgan fingerprint density at radius 2 is 1.87 bits per heavy atom. The van der Waals surface area contributed by atoms with Crippen molar-refractivity contribution in [2.24, 2.45) is 0 Å². The van der Waals surface area contributed by atoms with Crippen LogP contribution in [-0.2, 0) is 0 Å². The van der Waals surface area contributed by atoms with Gasteiger partial charge in [0, 0.05) is 27.9 Å². The van der Waals surface area contributed by atoms with Gasteiger partial charge in [0.25, 0.3) is 11.6 Å². The lowest BCUT2D eigenvalue weighted by Gasteiger charge is -2.08. The highest BCUT2D eigenvalue weighted by atomic mass is 79.9. The number of nitrogens with zero attached hydrogens (tertiary/aromatic N) is 2. The minimum atomic E-state index is -0.541. The zero-order chi connectivity index (χ0) is 21.4. The van der Waals surface area contributed by atoms with Gasteiger partial charge in [0.15, 0.2) is 5.58 Å². The van der Waals surface area contributed by atoms with Crippen molar-refractivity contribution in [3.8, 4) is 11.5 Å². The third kappa shape index (κ3) is 3.81. The number of halogens is 1. The summed E-state index contributed by atoms with van der Waals surface area (Å²) in [4.78, 5) is 27.7. The van der Waals surface area contributed by atoms with Crippen LogP contribution in [0.1, 0.15) is 21.5 Å². The molecule has 0 aliphatic rings. The number of nitrogens with one attached hydrogen (secondary N) is 1. The fourth-order valence-electron chi connectivity index (χ4n) is 3.03. The van der Waals surface area contributed by atoms with Gasteiger partial charge in [-0.05, 0) is 77.3 Å². The van der Waals surface area contributed by atoms with E-state index in [4.69, 9.17) is 4.42 Å². The molecule has 3 aromatic carbocycles. The van der Waals surface area contributed by atoms with E-state index >= 15 is 0 Å². The summed E-state index contributed by atoms with van der Waals surface area (Å²) in [6, 6.07) is 15.0. The van der Waals surface area contributed by atoms with E-state index in [1.807, 2.05) is 32.0 Å². The topological polar surface area (TPSA) is 98.3 Å². The molecule has 30 heavy (non-hydrogen) atoms. The fraction of sp³-hybridized carbons (Fsp3) is 0.0909. The smallest absolute Gasteiger partial charge is 0.270 e. The Labute approximate surface area is 180 Å². The molecule has 0 aliphatic carbocycles. The lowest BCUT2D eigenvalue weighted by Crippen LogP contribution is -2.13. The van der Waals surface area contributed by atoms with Crippen molar-refractivity contribution >= 4 is 44.3 Å². The first kappa shape index (κ1) is 19.8. The number of benzene rings is 3. The Morgan fingerprint density at radius 3 is 2.63 bits per heavy atom. The number of carbonyl (C=O) groups is 1. The minimum absolute atomic E-state index is 0.158. The van der Waals surface area contributed by atoms with E-state index in [0.717, 1.165) is 16.6 Å². The van der Waals surface area contributed by atoms with Gasteiger partial charge in [-0.1, -0.05) is 6.07 Å². The normalized spacial score (nSPS) is 10.9. The van der Waals surface area contributed by atoms with Crippen molar-refractivity contribution in [2.45, 2.75) is 13.8 Å². The van der Waals surface area contributed by atoms with Gasteiger partial charge < -0.3 is 9.73 Å². The van der Waals surface area contributed by atoms with Gasteiger partial charge in [-0.3, -0.25) is 14.9 Å². The number of oxazole rings is 1. The molecule has 0 bridgehead atoms. The van der Waals surface area contributed by atoms with E-state index in [1.54, 1.807) is 18.2 Å². The Hall–Kier alpha value is -3.52. The van der Waals surface area contributed by atoms with E-state index in [9.17, 15) is 14.9 Å². The number of nitro benzene ring substituents is 1. The van der Waals surface area contributed by atoms with Crippen LogP contribution >= 0.6 is 15.9 Å². The van der Waals surface area contributed by atoms with Crippen molar-refractivity contribution in [3.05, 3.63) is 85.9 Å². The molecule has 0 aliphatic heterocycles. The summed E-state index contributed by atoms with van der Waals surface area (Å²) in [6.45, 7) is 4.03. The molecule has 1 aromatic heterocycles. The van der Waals surface area contributed by atoms with E-state index in [-0.39, 0.29) is 11.3 Å². The van der Waals surface area contributed by atoms with Crippen molar-refractivity contribution in [1.82, 2.24) is 4.98 Å². The van der Waals surface area contributed by atoms with Gasteiger partial charge in [0.05, 0.1) is 10.5 Å². The van der Waals surface area contributed by atoms with E-state index in [1.165, 1.54) is 18.2 Å². The molecule has 7 nitrogen and oxygen atoms in total. The van der Waals surface area contributed by atoms with Crippen LogP contribution in [0.15, 0.2) is 63.5 Å². The average Bonchev–Trinajstić information content (AvgIpc) is 3.11. The Kier molecular flexibility index (Phi) is 5.09. The Balaban J connectivity index is 1.64. The number of nitro groups is 1. The lowest BCUT2D eigenvalue weighted by molar-refractivity contribution is -0.384. The molecule has 8 heteroatoms. The first-order valence-electron chi connectivity index (χ1n) is 9.05. The predicted octanol–water partition coefficient (Wildman–Crippen LogP) is 6.03. The summed E-state index contributed by atoms with van der Waals surface area (Å²) in [5, 5.41) is 13.8. The Bertz CT molecular complexity index is 1270. The molecule has 150 valence electrons. The largest absolute Gasteiger partial charge is 0.436 e. The van der Waals surface area contributed by atoms with Crippen LogP contribution in [0, 0.1) is 24.0 Å². The number of aryl methyl sites for hydroxylation is 2. The van der Waals surface area contributed by atoms with Gasteiger partial charge >= 0.3 is 0 Å².